The first-order valence-electron chi connectivity index (χ1n) is 6.81. The Kier molecular flexibility index (Phi) is 5.54. The van der Waals surface area contributed by atoms with Gasteiger partial charge in [-0.2, -0.15) is 0 Å². The van der Waals surface area contributed by atoms with Crippen LogP contribution in [0.2, 0.25) is 0 Å². The standard InChI is InChI=1S/C17H17NO4/c1-21-16(19)11-18-17(20)14-9-5-6-10-15(14)22-12-13-7-3-2-4-8-13/h2-10H,11-12H2,1H3,(H,18,20). The van der Waals surface area contributed by atoms with E-state index >= 15 is 0 Å². The van der Waals surface area contributed by atoms with E-state index in [0.717, 1.165) is 5.56 Å². The quantitative estimate of drug-likeness (QED) is 0.830. The van der Waals surface area contributed by atoms with Crippen LogP contribution in [0.1, 0.15) is 15.9 Å². The topological polar surface area (TPSA) is 64.6 Å². The zero-order valence-electron chi connectivity index (χ0n) is 12.2. The van der Waals surface area contributed by atoms with Crippen LogP contribution in [0, 0.1) is 0 Å². The molecule has 0 heterocycles. The molecule has 0 atom stereocenters. The maximum absolute atomic E-state index is 12.1. The summed E-state index contributed by atoms with van der Waals surface area (Å²) in [5, 5.41) is 2.49. The Morgan fingerprint density at radius 3 is 2.41 bits per heavy atom. The van der Waals surface area contributed by atoms with E-state index in [-0.39, 0.29) is 12.5 Å². The predicted molar refractivity (Wildman–Crippen MR) is 81.6 cm³/mol. The molecular formula is C17H17NO4. The van der Waals surface area contributed by atoms with Crippen molar-refractivity contribution in [3.05, 3.63) is 65.7 Å². The molecule has 0 aliphatic heterocycles. The lowest BCUT2D eigenvalue weighted by atomic mass is 10.2. The maximum atomic E-state index is 12.1. The third-order valence-electron chi connectivity index (χ3n) is 2.99. The minimum atomic E-state index is -0.504. The van der Waals surface area contributed by atoms with Crippen molar-refractivity contribution in [1.29, 1.82) is 0 Å². The number of rotatable bonds is 6. The predicted octanol–water partition coefficient (Wildman–Crippen LogP) is 2.17. The molecule has 0 aliphatic rings. The first kappa shape index (κ1) is 15.6. The van der Waals surface area contributed by atoms with Crippen LogP contribution in [-0.4, -0.2) is 25.5 Å². The van der Waals surface area contributed by atoms with Crippen LogP contribution in [-0.2, 0) is 16.1 Å². The Balaban J connectivity index is 2.03. The molecule has 114 valence electrons. The largest absolute Gasteiger partial charge is 0.488 e. The third kappa shape index (κ3) is 4.34. The second-order valence-electron chi connectivity index (χ2n) is 4.53. The number of para-hydroxylation sites is 1. The van der Waals surface area contributed by atoms with Gasteiger partial charge in [0.15, 0.2) is 0 Å². The molecule has 2 aromatic carbocycles. The van der Waals surface area contributed by atoms with E-state index in [0.29, 0.717) is 17.9 Å². The Morgan fingerprint density at radius 2 is 1.68 bits per heavy atom. The van der Waals surface area contributed by atoms with Gasteiger partial charge in [0.25, 0.3) is 5.91 Å². The van der Waals surface area contributed by atoms with E-state index in [1.54, 1.807) is 24.3 Å². The van der Waals surface area contributed by atoms with Gasteiger partial charge in [-0.1, -0.05) is 42.5 Å². The van der Waals surface area contributed by atoms with Crippen molar-refractivity contribution in [2.75, 3.05) is 13.7 Å². The fraction of sp³-hybridized carbons (Fsp3) is 0.176. The van der Waals surface area contributed by atoms with Gasteiger partial charge < -0.3 is 14.8 Å². The fourth-order valence-corrected chi connectivity index (χ4v) is 1.84. The summed E-state index contributed by atoms with van der Waals surface area (Å²) in [6.07, 6.45) is 0. The molecule has 2 rings (SSSR count). The van der Waals surface area contributed by atoms with Gasteiger partial charge in [-0.3, -0.25) is 9.59 Å². The molecule has 5 heteroatoms. The minimum Gasteiger partial charge on any atom is -0.488 e. The molecule has 1 amide bonds. The Bertz CT molecular complexity index is 640. The molecule has 0 spiro atoms. The van der Waals surface area contributed by atoms with Gasteiger partial charge in [-0.25, -0.2) is 0 Å². The van der Waals surface area contributed by atoms with Crippen LogP contribution in [0.25, 0.3) is 0 Å². The summed E-state index contributed by atoms with van der Waals surface area (Å²) in [6.45, 7) is 0.185. The van der Waals surface area contributed by atoms with Crippen molar-refractivity contribution < 1.29 is 19.1 Å². The van der Waals surface area contributed by atoms with Crippen molar-refractivity contribution in [3.63, 3.8) is 0 Å². The average Bonchev–Trinajstić information content (AvgIpc) is 2.58. The first-order chi connectivity index (χ1) is 10.7. The third-order valence-corrected chi connectivity index (χ3v) is 2.99. The highest BCUT2D eigenvalue weighted by molar-refractivity contribution is 5.98. The first-order valence-corrected chi connectivity index (χ1v) is 6.81. The lowest BCUT2D eigenvalue weighted by molar-refractivity contribution is -0.139. The van der Waals surface area contributed by atoms with Gasteiger partial charge in [-0.05, 0) is 17.7 Å². The average molecular weight is 299 g/mol. The zero-order chi connectivity index (χ0) is 15.8. The highest BCUT2D eigenvalue weighted by atomic mass is 16.5. The molecule has 0 bridgehead atoms. The van der Waals surface area contributed by atoms with E-state index in [1.165, 1.54) is 7.11 Å². The molecule has 0 radical (unpaired) electrons. The van der Waals surface area contributed by atoms with Crippen LogP contribution in [0.5, 0.6) is 5.75 Å². The molecule has 0 saturated carbocycles. The van der Waals surface area contributed by atoms with E-state index in [9.17, 15) is 9.59 Å². The number of hydrogen-bond acceptors (Lipinski definition) is 4. The number of hydrogen-bond donors (Lipinski definition) is 1. The second kappa shape index (κ2) is 7.83. The van der Waals surface area contributed by atoms with E-state index < -0.39 is 5.97 Å². The Hall–Kier alpha value is -2.82. The van der Waals surface area contributed by atoms with E-state index in [4.69, 9.17) is 4.74 Å². The SMILES string of the molecule is COC(=O)CNC(=O)c1ccccc1OCc1ccccc1. The second-order valence-corrected chi connectivity index (χ2v) is 4.53. The fourth-order valence-electron chi connectivity index (χ4n) is 1.84. The van der Waals surface area contributed by atoms with Crippen LogP contribution >= 0.6 is 0 Å². The summed E-state index contributed by atoms with van der Waals surface area (Å²) in [7, 11) is 1.27. The van der Waals surface area contributed by atoms with Gasteiger partial charge in [0.2, 0.25) is 0 Å². The normalized spacial score (nSPS) is 9.86. The number of nitrogens with one attached hydrogen (secondary N) is 1. The number of amides is 1. The minimum absolute atomic E-state index is 0.178. The highest BCUT2D eigenvalue weighted by Gasteiger charge is 2.13. The monoisotopic (exact) mass is 299 g/mol. The molecule has 22 heavy (non-hydrogen) atoms. The lowest BCUT2D eigenvalue weighted by Gasteiger charge is -2.11. The molecular weight excluding hydrogens is 282 g/mol. The van der Waals surface area contributed by atoms with E-state index in [1.807, 2.05) is 30.3 Å². The number of benzene rings is 2. The van der Waals surface area contributed by atoms with Crippen molar-refractivity contribution in [2.45, 2.75) is 6.61 Å². The summed E-state index contributed by atoms with van der Waals surface area (Å²) in [5.74, 6) is -0.418. The summed E-state index contributed by atoms with van der Waals surface area (Å²) in [5.41, 5.74) is 1.38. The molecule has 0 fully saturated rings. The summed E-state index contributed by atoms with van der Waals surface area (Å²) >= 11 is 0. The number of carbonyl (C=O) groups is 2. The Morgan fingerprint density at radius 1 is 1.00 bits per heavy atom. The highest BCUT2D eigenvalue weighted by Crippen LogP contribution is 2.19. The molecule has 2 aromatic rings. The molecule has 0 saturated heterocycles. The van der Waals surface area contributed by atoms with Crippen molar-refractivity contribution in [1.82, 2.24) is 5.32 Å². The van der Waals surface area contributed by atoms with Crippen molar-refractivity contribution >= 4 is 11.9 Å². The van der Waals surface area contributed by atoms with Gasteiger partial charge >= 0.3 is 5.97 Å². The molecule has 5 nitrogen and oxygen atoms in total. The zero-order valence-corrected chi connectivity index (χ0v) is 12.2. The number of carbonyl (C=O) groups excluding carboxylic acids is 2. The number of methoxy groups -OCH3 is 1. The van der Waals surface area contributed by atoms with Gasteiger partial charge in [0, 0.05) is 0 Å². The molecule has 0 aliphatic carbocycles. The summed E-state index contributed by atoms with van der Waals surface area (Å²) in [6, 6.07) is 16.6. The van der Waals surface area contributed by atoms with Gasteiger partial charge in [0.1, 0.15) is 18.9 Å². The van der Waals surface area contributed by atoms with Crippen LogP contribution in [0.4, 0.5) is 0 Å². The summed E-state index contributed by atoms with van der Waals surface area (Å²) in [4.78, 5) is 23.2. The van der Waals surface area contributed by atoms with Crippen molar-refractivity contribution in [2.24, 2.45) is 0 Å². The van der Waals surface area contributed by atoms with Crippen LogP contribution in [0.15, 0.2) is 54.6 Å². The van der Waals surface area contributed by atoms with Crippen LogP contribution in [0.3, 0.4) is 0 Å². The lowest BCUT2D eigenvalue weighted by Crippen LogP contribution is -2.30. The summed E-state index contributed by atoms with van der Waals surface area (Å²) < 4.78 is 10.2. The van der Waals surface area contributed by atoms with E-state index in [2.05, 4.69) is 10.1 Å². The van der Waals surface area contributed by atoms with Crippen LogP contribution < -0.4 is 10.1 Å². The number of ether oxygens (including phenoxy) is 2. The smallest absolute Gasteiger partial charge is 0.325 e. The van der Waals surface area contributed by atoms with Gasteiger partial charge in [0.05, 0.1) is 12.7 Å². The molecule has 0 unspecified atom stereocenters. The van der Waals surface area contributed by atoms with Gasteiger partial charge in [-0.15, -0.1) is 0 Å². The maximum Gasteiger partial charge on any atom is 0.325 e. The molecule has 0 aromatic heterocycles. The van der Waals surface area contributed by atoms with Crippen molar-refractivity contribution in [3.8, 4) is 5.75 Å². The Labute approximate surface area is 128 Å². The number of esters is 1. The molecule has 1 N–H and O–H groups in total.